The van der Waals surface area contributed by atoms with Gasteiger partial charge in [-0.15, -0.1) is 0 Å². The Morgan fingerprint density at radius 1 is 1.04 bits per heavy atom. The van der Waals surface area contributed by atoms with E-state index in [1.54, 1.807) is 0 Å². The standard InChI is InChI=1S/C20H25BrN2O/c1-20(2,3)19(24)22-14-13-18(15-9-11-16(21)12-10-15)23-17-7-5-4-6-8-17/h4-12,18,23H,13-14H2,1-3H3,(H,22,24). The molecule has 0 radical (unpaired) electrons. The lowest BCUT2D eigenvalue weighted by Gasteiger charge is -2.23. The zero-order valence-electron chi connectivity index (χ0n) is 14.5. The maximum absolute atomic E-state index is 12.0. The van der Waals surface area contributed by atoms with Gasteiger partial charge in [-0.2, -0.15) is 0 Å². The minimum atomic E-state index is -0.361. The molecule has 2 rings (SSSR count). The number of carbonyl (C=O) groups is 1. The molecular formula is C20H25BrN2O. The van der Waals surface area contributed by atoms with E-state index in [-0.39, 0.29) is 17.4 Å². The second-order valence-electron chi connectivity index (χ2n) is 6.91. The molecule has 1 amide bonds. The van der Waals surface area contributed by atoms with Gasteiger partial charge in [-0.1, -0.05) is 67.0 Å². The number of anilines is 1. The highest BCUT2D eigenvalue weighted by Crippen LogP contribution is 2.24. The fourth-order valence-corrected chi connectivity index (χ4v) is 2.61. The minimum Gasteiger partial charge on any atom is -0.378 e. The third kappa shape index (κ3) is 5.68. The third-order valence-corrected chi connectivity index (χ3v) is 4.32. The normalized spacial score (nSPS) is 12.5. The molecule has 2 N–H and O–H groups in total. The summed E-state index contributed by atoms with van der Waals surface area (Å²) in [7, 11) is 0. The van der Waals surface area contributed by atoms with E-state index < -0.39 is 0 Å². The van der Waals surface area contributed by atoms with Crippen molar-refractivity contribution in [2.75, 3.05) is 11.9 Å². The zero-order chi connectivity index (χ0) is 17.6. The van der Waals surface area contributed by atoms with E-state index >= 15 is 0 Å². The van der Waals surface area contributed by atoms with Gasteiger partial charge in [0.05, 0.1) is 6.04 Å². The molecule has 4 heteroatoms. The number of rotatable bonds is 6. The van der Waals surface area contributed by atoms with Crippen molar-refractivity contribution in [3.05, 3.63) is 64.6 Å². The molecule has 3 nitrogen and oxygen atoms in total. The lowest BCUT2D eigenvalue weighted by atomic mass is 9.95. The fourth-order valence-electron chi connectivity index (χ4n) is 2.35. The van der Waals surface area contributed by atoms with Crippen LogP contribution in [0.4, 0.5) is 5.69 Å². The van der Waals surface area contributed by atoms with Gasteiger partial charge in [0.25, 0.3) is 0 Å². The summed E-state index contributed by atoms with van der Waals surface area (Å²) in [6, 6.07) is 18.6. The molecule has 0 fully saturated rings. The van der Waals surface area contributed by atoms with Crippen molar-refractivity contribution in [1.82, 2.24) is 5.32 Å². The Bertz CT molecular complexity index is 648. The van der Waals surface area contributed by atoms with Crippen molar-refractivity contribution in [1.29, 1.82) is 0 Å². The van der Waals surface area contributed by atoms with Gasteiger partial charge in [0.2, 0.25) is 5.91 Å². The molecule has 24 heavy (non-hydrogen) atoms. The van der Waals surface area contributed by atoms with E-state index in [1.165, 1.54) is 5.56 Å². The second-order valence-corrected chi connectivity index (χ2v) is 7.82. The Morgan fingerprint density at radius 2 is 1.67 bits per heavy atom. The lowest BCUT2D eigenvalue weighted by molar-refractivity contribution is -0.128. The van der Waals surface area contributed by atoms with Crippen LogP contribution in [-0.2, 0) is 4.79 Å². The van der Waals surface area contributed by atoms with Crippen molar-refractivity contribution in [3.8, 4) is 0 Å². The van der Waals surface area contributed by atoms with E-state index in [0.29, 0.717) is 6.54 Å². The molecule has 2 aromatic rings. The summed E-state index contributed by atoms with van der Waals surface area (Å²) >= 11 is 3.48. The van der Waals surface area contributed by atoms with Gasteiger partial charge in [-0.05, 0) is 36.2 Å². The Labute approximate surface area is 153 Å². The fraction of sp³-hybridized carbons (Fsp3) is 0.350. The molecule has 0 aliphatic rings. The van der Waals surface area contributed by atoms with Gasteiger partial charge in [-0.3, -0.25) is 4.79 Å². The summed E-state index contributed by atoms with van der Waals surface area (Å²) in [5.41, 5.74) is 1.92. The molecule has 0 bridgehead atoms. The molecule has 0 aromatic heterocycles. The molecule has 1 atom stereocenters. The van der Waals surface area contributed by atoms with Crippen LogP contribution in [0, 0.1) is 5.41 Å². The molecule has 0 spiro atoms. The third-order valence-electron chi connectivity index (χ3n) is 3.79. The van der Waals surface area contributed by atoms with Gasteiger partial charge in [0.1, 0.15) is 0 Å². The number of halogens is 1. The summed E-state index contributed by atoms with van der Waals surface area (Å²) in [6.45, 7) is 6.42. The first kappa shape index (κ1) is 18.5. The van der Waals surface area contributed by atoms with Crippen molar-refractivity contribution in [2.24, 2.45) is 5.41 Å². The highest BCUT2D eigenvalue weighted by atomic mass is 79.9. The van der Waals surface area contributed by atoms with E-state index in [4.69, 9.17) is 0 Å². The first-order valence-electron chi connectivity index (χ1n) is 8.21. The number of nitrogens with one attached hydrogen (secondary N) is 2. The molecule has 0 aliphatic heterocycles. The van der Waals surface area contributed by atoms with Crippen LogP contribution in [0.3, 0.4) is 0 Å². The SMILES string of the molecule is CC(C)(C)C(=O)NCCC(Nc1ccccc1)c1ccc(Br)cc1. The first-order chi connectivity index (χ1) is 11.4. The maximum Gasteiger partial charge on any atom is 0.225 e. The highest BCUT2D eigenvalue weighted by molar-refractivity contribution is 9.10. The molecule has 1 unspecified atom stereocenters. The zero-order valence-corrected chi connectivity index (χ0v) is 16.1. The molecule has 0 saturated carbocycles. The summed E-state index contributed by atoms with van der Waals surface area (Å²) in [5, 5.41) is 6.59. The quantitative estimate of drug-likeness (QED) is 0.717. The summed E-state index contributed by atoms with van der Waals surface area (Å²) in [5.74, 6) is 0.0803. The molecular weight excluding hydrogens is 364 g/mol. The monoisotopic (exact) mass is 388 g/mol. The molecule has 0 saturated heterocycles. The first-order valence-corrected chi connectivity index (χ1v) is 9.01. The summed E-state index contributed by atoms with van der Waals surface area (Å²) in [6.07, 6.45) is 0.818. The molecule has 0 heterocycles. The predicted octanol–water partition coefficient (Wildman–Crippen LogP) is 5.15. The van der Waals surface area contributed by atoms with Crippen molar-refractivity contribution in [2.45, 2.75) is 33.2 Å². The minimum absolute atomic E-state index is 0.0803. The highest BCUT2D eigenvalue weighted by Gasteiger charge is 2.21. The van der Waals surface area contributed by atoms with E-state index in [0.717, 1.165) is 16.6 Å². The van der Waals surface area contributed by atoms with E-state index in [9.17, 15) is 4.79 Å². The van der Waals surface area contributed by atoms with Crippen LogP contribution in [0.2, 0.25) is 0 Å². The number of carbonyl (C=O) groups excluding carboxylic acids is 1. The van der Waals surface area contributed by atoms with Crippen molar-refractivity contribution in [3.63, 3.8) is 0 Å². The van der Waals surface area contributed by atoms with Gasteiger partial charge in [-0.25, -0.2) is 0 Å². The van der Waals surface area contributed by atoms with Crippen molar-refractivity contribution < 1.29 is 4.79 Å². The predicted molar refractivity (Wildman–Crippen MR) is 104 cm³/mol. The van der Waals surface area contributed by atoms with E-state index in [1.807, 2.05) is 51.1 Å². The lowest BCUT2D eigenvalue weighted by Crippen LogP contribution is -2.36. The van der Waals surface area contributed by atoms with Crippen LogP contribution < -0.4 is 10.6 Å². The van der Waals surface area contributed by atoms with Gasteiger partial charge in [0.15, 0.2) is 0 Å². The Balaban J connectivity index is 2.05. The smallest absolute Gasteiger partial charge is 0.225 e. The van der Waals surface area contributed by atoms with Crippen LogP contribution in [-0.4, -0.2) is 12.5 Å². The molecule has 128 valence electrons. The van der Waals surface area contributed by atoms with Gasteiger partial charge >= 0.3 is 0 Å². The van der Waals surface area contributed by atoms with Gasteiger partial charge < -0.3 is 10.6 Å². The number of benzene rings is 2. The van der Waals surface area contributed by atoms with Crippen LogP contribution >= 0.6 is 15.9 Å². The summed E-state index contributed by atoms with van der Waals surface area (Å²) in [4.78, 5) is 12.0. The topological polar surface area (TPSA) is 41.1 Å². The average Bonchev–Trinajstić information content (AvgIpc) is 2.54. The number of hydrogen-bond donors (Lipinski definition) is 2. The van der Waals surface area contributed by atoms with E-state index in [2.05, 4.69) is 50.8 Å². The summed E-state index contributed by atoms with van der Waals surface area (Å²) < 4.78 is 1.06. The maximum atomic E-state index is 12.0. The second kappa shape index (κ2) is 8.34. The van der Waals surface area contributed by atoms with Crippen LogP contribution in [0.1, 0.15) is 38.8 Å². The number of para-hydroxylation sites is 1. The van der Waals surface area contributed by atoms with Crippen LogP contribution in [0.5, 0.6) is 0 Å². The van der Waals surface area contributed by atoms with Crippen molar-refractivity contribution >= 4 is 27.5 Å². The molecule has 2 aromatic carbocycles. The number of hydrogen-bond acceptors (Lipinski definition) is 2. The Kier molecular flexibility index (Phi) is 6.44. The largest absolute Gasteiger partial charge is 0.378 e. The van der Waals surface area contributed by atoms with Crippen LogP contribution in [0.25, 0.3) is 0 Å². The number of amides is 1. The Hall–Kier alpha value is -1.81. The van der Waals surface area contributed by atoms with Gasteiger partial charge in [0, 0.05) is 22.1 Å². The van der Waals surface area contributed by atoms with Crippen LogP contribution in [0.15, 0.2) is 59.1 Å². The Morgan fingerprint density at radius 3 is 2.25 bits per heavy atom. The average molecular weight is 389 g/mol. The molecule has 0 aliphatic carbocycles.